The lowest BCUT2D eigenvalue weighted by Crippen LogP contribution is -2.11. The quantitative estimate of drug-likeness (QED) is 0.852. The van der Waals surface area contributed by atoms with E-state index in [1.165, 1.54) is 0 Å². The molecule has 2 rings (SSSR count). The van der Waals surface area contributed by atoms with Gasteiger partial charge in [-0.15, -0.1) is 0 Å². The largest absolute Gasteiger partial charge is 0.320 e. The third kappa shape index (κ3) is 1.80. The molecule has 0 fully saturated rings. The van der Waals surface area contributed by atoms with Crippen LogP contribution in [-0.2, 0) is 0 Å². The first-order chi connectivity index (χ1) is 6.79. The summed E-state index contributed by atoms with van der Waals surface area (Å²) in [6, 6.07) is 3.70. The van der Waals surface area contributed by atoms with E-state index in [2.05, 4.69) is 4.98 Å². The van der Waals surface area contributed by atoms with Crippen LogP contribution in [0.4, 0.5) is 0 Å². The molecule has 0 aliphatic carbocycles. The van der Waals surface area contributed by atoms with E-state index in [4.69, 9.17) is 17.3 Å². The molecule has 0 unspecified atom stereocenters. The summed E-state index contributed by atoms with van der Waals surface area (Å²) >= 11 is 7.63. The first-order valence-corrected chi connectivity index (χ1v) is 5.48. The van der Waals surface area contributed by atoms with Crippen molar-refractivity contribution in [2.45, 2.75) is 6.04 Å². The molecular formula is C10H9ClN2S. The van der Waals surface area contributed by atoms with Crippen LogP contribution in [-0.4, -0.2) is 4.98 Å². The zero-order valence-electron chi connectivity index (χ0n) is 7.35. The summed E-state index contributed by atoms with van der Waals surface area (Å²) in [5, 5.41) is 4.65. The topological polar surface area (TPSA) is 38.9 Å². The van der Waals surface area contributed by atoms with Crippen LogP contribution in [0.25, 0.3) is 0 Å². The number of halogens is 1. The summed E-state index contributed by atoms with van der Waals surface area (Å²) in [7, 11) is 0. The van der Waals surface area contributed by atoms with Gasteiger partial charge in [0.15, 0.2) is 0 Å². The van der Waals surface area contributed by atoms with Gasteiger partial charge in [0.05, 0.1) is 11.1 Å². The Kier molecular flexibility index (Phi) is 2.82. The SMILES string of the molecule is N[C@@H](c1ccsc1)c1ccncc1Cl. The number of hydrogen-bond acceptors (Lipinski definition) is 3. The van der Waals surface area contributed by atoms with Gasteiger partial charge in [-0.25, -0.2) is 0 Å². The molecule has 2 N–H and O–H groups in total. The van der Waals surface area contributed by atoms with E-state index in [0.717, 1.165) is 11.1 Å². The standard InChI is InChI=1S/C10H9ClN2S/c11-9-5-13-3-1-8(9)10(12)7-2-4-14-6-7/h1-6,10H,12H2/t10-/m0/s1. The summed E-state index contributed by atoms with van der Waals surface area (Å²) < 4.78 is 0. The van der Waals surface area contributed by atoms with Crippen molar-refractivity contribution in [3.05, 3.63) is 51.4 Å². The first kappa shape index (κ1) is 9.65. The maximum absolute atomic E-state index is 6.06. The summed E-state index contributed by atoms with van der Waals surface area (Å²) in [5.41, 5.74) is 8.06. The molecule has 0 saturated heterocycles. The number of nitrogens with zero attached hydrogens (tertiary/aromatic N) is 1. The second kappa shape index (κ2) is 4.09. The Bertz CT molecular complexity index is 414. The minimum Gasteiger partial charge on any atom is -0.320 e. The molecule has 1 atom stereocenters. The van der Waals surface area contributed by atoms with Crippen molar-refractivity contribution in [1.82, 2.24) is 4.98 Å². The molecule has 0 amide bonds. The lowest BCUT2D eigenvalue weighted by molar-refractivity contribution is 0.873. The molecule has 2 aromatic heterocycles. The van der Waals surface area contributed by atoms with Crippen LogP contribution in [0.2, 0.25) is 5.02 Å². The molecule has 72 valence electrons. The summed E-state index contributed by atoms with van der Waals surface area (Å²) in [6.07, 6.45) is 3.32. The number of rotatable bonds is 2. The van der Waals surface area contributed by atoms with Gasteiger partial charge in [0.1, 0.15) is 0 Å². The fraction of sp³-hybridized carbons (Fsp3) is 0.100. The van der Waals surface area contributed by atoms with Crippen molar-refractivity contribution in [2.75, 3.05) is 0 Å². The first-order valence-electron chi connectivity index (χ1n) is 4.16. The average molecular weight is 225 g/mol. The van der Waals surface area contributed by atoms with Gasteiger partial charge in [-0.05, 0) is 34.0 Å². The molecule has 0 spiro atoms. The molecule has 0 radical (unpaired) electrons. The molecule has 14 heavy (non-hydrogen) atoms. The maximum Gasteiger partial charge on any atom is 0.0640 e. The van der Waals surface area contributed by atoms with Crippen molar-refractivity contribution in [3.8, 4) is 0 Å². The van der Waals surface area contributed by atoms with Gasteiger partial charge in [-0.1, -0.05) is 11.6 Å². The highest BCUT2D eigenvalue weighted by atomic mass is 35.5. The lowest BCUT2D eigenvalue weighted by Gasteiger charge is -2.11. The second-order valence-electron chi connectivity index (χ2n) is 2.93. The maximum atomic E-state index is 6.06. The summed E-state index contributed by atoms with van der Waals surface area (Å²) in [4.78, 5) is 3.92. The molecule has 2 aromatic rings. The van der Waals surface area contributed by atoms with Crippen molar-refractivity contribution < 1.29 is 0 Å². The van der Waals surface area contributed by atoms with Crippen LogP contribution in [0.1, 0.15) is 17.2 Å². The Morgan fingerprint density at radius 1 is 1.43 bits per heavy atom. The van der Waals surface area contributed by atoms with Gasteiger partial charge >= 0.3 is 0 Å². The van der Waals surface area contributed by atoms with E-state index in [1.54, 1.807) is 23.7 Å². The fourth-order valence-electron chi connectivity index (χ4n) is 1.27. The third-order valence-corrected chi connectivity index (χ3v) is 3.06. The zero-order valence-corrected chi connectivity index (χ0v) is 8.92. The van der Waals surface area contributed by atoms with Gasteiger partial charge in [-0.3, -0.25) is 4.98 Å². The number of nitrogens with two attached hydrogens (primary N) is 1. The molecule has 2 heterocycles. The normalized spacial score (nSPS) is 12.7. The molecular weight excluding hydrogens is 216 g/mol. The summed E-state index contributed by atoms with van der Waals surface area (Å²) in [6.45, 7) is 0. The Balaban J connectivity index is 2.37. The Labute approximate surface area is 91.4 Å². The van der Waals surface area contributed by atoms with Crippen molar-refractivity contribution >= 4 is 22.9 Å². The Morgan fingerprint density at radius 3 is 2.93 bits per heavy atom. The van der Waals surface area contributed by atoms with E-state index in [9.17, 15) is 0 Å². The lowest BCUT2D eigenvalue weighted by atomic mass is 10.0. The predicted molar refractivity (Wildman–Crippen MR) is 59.6 cm³/mol. The van der Waals surface area contributed by atoms with Gasteiger partial charge in [0.2, 0.25) is 0 Å². The summed E-state index contributed by atoms with van der Waals surface area (Å²) in [5.74, 6) is 0. The number of hydrogen-bond donors (Lipinski definition) is 1. The molecule has 4 heteroatoms. The molecule has 2 nitrogen and oxygen atoms in total. The van der Waals surface area contributed by atoms with Crippen LogP contribution < -0.4 is 5.73 Å². The van der Waals surface area contributed by atoms with E-state index in [-0.39, 0.29) is 6.04 Å². The van der Waals surface area contributed by atoms with Crippen LogP contribution in [0.3, 0.4) is 0 Å². The van der Waals surface area contributed by atoms with Crippen LogP contribution in [0, 0.1) is 0 Å². The van der Waals surface area contributed by atoms with Crippen molar-refractivity contribution in [1.29, 1.82) is 0 Å². The molecule has 0 bridgehead atoms. The van der Waals surface area contributed by atoms with Gasteiger partial charge in [-0.2, -0.15) is 11.3 Å². The molecule has 0 aromatic carbocycles. The van der Waals surface area contributed by atoms with E-state index in [0.29, 0.717) is 5.02 Å². The second-order valence-corrected chi connectivity index (χ2v) is 4.12. The van der Waals surface area contributed by atoms with Gasteiger partial charge < -0.3 is 5.73 Å². The third-order valence-electron chi connectivity index (χ3n) is 2.04. The number of pyridine rings is 1. The minimum atomic E-state index is -0.156. The van der Waals surface area contributed by atoms with Gasteiger partial charge in [0, 0.05) is 12.4 Å². The average Bonchev–Trinajstić information content (AvgIpc) is 2.70. The van der Waals surface area contributed by atoms with Crippen molar-refractivity contribution in [3.63, 3.8) is 0 Å². The molecule has 0 aliphatic heterocycles. The Hall–Kier alpha value is -0.900. The van der Waals surface area contributed by atoms with Crippen LogP contribution in [0.15, 0.2) is 35.3 Å². The smallest absolute Gasteiger partial charge is 0.0640 e. The van der Waals surface area contributed by atoms with Crippen LogP contribution >= 0.6 is 22.9 Å². The highest BCUT2D eigenvalue weighted by Crippen LogP contribution is 2.26. The highest BCUT2D eigenvalue weighted by molar-refractivity contribution is 7.08. The van der Waals surface area contributed by atoms with E-state index in [1.807, 2.05) is 22.9 Å². The minimum absolute atomic E-state index is 0.156. The Morgan fingerprint density at radius 2 is 2.29 bits per heavy atom. The van der Waals surface area contributed by atoms with E-state index >= 15 is 0 Å². The highest BCUT2D eigenvalue weighted by Gasteiger charge is 2.11. The molecule has 0 aliphatic rings. The van der Waals surface area contributed by atoms with Gasteiger partial charge in [0.25, 0.3) is 0 Å². The monoisotopic (exact) mass is 224 g/mol. The predicted octanol–water partition coefficient (Wildman–Crippen LogP) is 2.84. The van der Waals surface area contributed by atoms with Crippen LogP contribution in [0.5, 0.6) is 0 Å². The number of thiophene rings is 1. The molecule has 0 saturated carbocycles. The number of aromatic nitrogens is 1. The fourth-order valence-corrected chi connectivity index (χ4v) is 2.20. The van der Waals surface area contributed by atoms with Crippen molar-refractivity contribution in [2.24, 2.45) is 5.73 Å². The zero-order chi connectivity index (χ0) is 9.97. The van der Waals surface area contributed by atoms with E-state index < -0.39 is 0 Å².